The molecule has 0 bridgehead atoms. The number of aryl methyl sites for hydroxylation is 1. The highest BCUT2D eigenvalue weighted by molar-refractivity contribution is 5.72. The Morgan fingerprint density at radius 1 is 1.10 bits per heavy atom. The van der Waals surface area contributed by atoms with Gasteiger partial charge in [-0.05, 0) is 61.2 Å². The Kier molecular flexibility index (Phi) is 8.10. The topological polar surface area (TPSA) is 100 Å². The van der Waals surface area contributed by atoms with Crippen molar-refractivity contribution in [3.63, 3.8) is 0 Å². The van der Waals surface area contributed by atoms with Gasteiger partial charge < -0.3 is 30.7 Å². The molecule has 10 heteroatoms. The first kappa shape index (κ1) is 28.1. The van der Waals surface area contributed by atoms with Crippen molar-refractivity contribution in [2.45, 2.75) is 31.5 Å². The Balaban J connectivity index is 1.19. The lowest BCUT2D eigenvalue weighted by Crippen LogP contribution is -2.50. The highest BCUT2D eigenvalue weighted by atomic mass is 19.1. The van der Waals surface area contributed by atoms with Crippen molar-refractivity contribution in [1.29, 1.82) is 0 Å². The van der Waals surface area contributed by atoms with Crippen LogP contribution in [0.15, 0.2) is 71.6 Å². The number of morpholine rings is 1. The summed E-state index contributed by atoms with van der Waals surface area (Å²) in [7, 11) is 1.68. The SMILES string of the molecule is COc1cc(N2CCC(N3CCOCC3)CC2)c(C)cc1NC1=CC(N)(c2ccnc(-c3ccccc3F)c2)NC=N1. The van der Waals surface area contributed by atoms with E-state index in [4.69, 9.17) is 15.2 Å². The van der Waals surface area contributed by atoms with Crippen molar-refractivity contribution in [1.82, 2.24) is 15.2 Å². The summed E-state index contributed by atoms with van der Waals surface area (Å²) in [5, 5.41) is 6.55. The average molecular weight is 572 g/mol. The minimum atomic E-state index is -1.08. The van der Waals surface area contributed by atoms with Crippen LogP contribution >= 0.6 is 0 Å². The highest BCUT2D eigenvalue weighted by Crippen LogP contribution is 2.36. The second kappa shape index (κ2) is 12.1. The summed E-state index contributed by atoms with van der Waals surface area (Å²) in [6.07, 6.45) is 7.30. The smallest absolute Gasteiger partial charge is 0.144 e. The number of nitrogens with zero attached hydrogens (tertiary/aromatic N) is 4. The molecule has 1 unspecified atom stereocenters. The number of pyridine rings is 1. The number of hydrogen-bond acceptors (Lipinski definition) is 9. The minimum absolute atomic E-state index is 0.336. The van der Waals surface area contributed by atoms with Crippen molar-refractivity contribution < 1.29 is 13.9 Å². The molecule has 220 valence electrons. The van der Waals surface area contributed by atoms with Gasteiger partial charge in [-0.25, -0.2) is 9.38 Å². The number of aliphatic imine (C=N–C) groups is 1. The van der Waals surface area contributed by atoms with Gasteiger partial charge in [-0.3, -0.25) is 9.88 Å². The summed E-state index contributed by atoms with van der Waals surface area (Å²) in [6, 6.07) is 15.0. The quantitative estimate of drug-likeness (QED) is 0.388. The van der Waals surface area contributed by atoms with E-state index < -0.39 is 5.66 Å². The summed E-state index contributed by atoms with van der Waals surface area (Å²) in [4.78, 5) is 13.9. The number of methoxy groups -OCH3 is 1. The maximum absolute atomic E-state index is 14.4. The fourth-order valence-electron chi connectivity index (χ4n) is 6.08. The van der Waals surface area contributed by atoms with E-state index in [2.05, 4.69) is 49.5 Å². The van der Waals surface area contributed by atoms with Gasteiger partial charge in [0.15, 0.2) is 0 Å². The molecule has 9 nitrogen and oxygen atoms in total. The first-order valence-electron chi connectivity index (χ1n) is 14.5. The lowest BCUT2D eigenvalue weighted by atomic mass is 9.97. The number of halogens is 1. The van der Waals surface area contributed by atoms with Gasteiger partial charge in [-0.15, -0.1) is 0 Å². The molecule has 0 saturated carbocycles. The van der Waals surface area contributed by atoms with Crippen LogP contribution in [0.1, 0.15) is 24.0 Å². The molecule has 0 spiro atoms. The van der Waals surface area contributed by atoms with E-state index in [0.29, 0.717) is 23.1 Å². The molecule has 4 heterocycles. The van der Waals surface area contributed by atoms with Crippen molar-refractivity contribution in [3.05, 3.63) is 83.6 Å². The van der Waals surface area contributed by atoms with Gasteiger partial charge in [0.25, 0.3) is 0 Å². The molecular formula is C32H38FN7O2. The summed E-state index contributed by atoms with van der Waals surface area (Å²) in [5.41, 5.74) is 10.5. The second-order valence-corrected chi connectivity index (χ2v) is 11.0. The van der Waals surface area contributed by atoms with Crippen LogP contribution in [0.3, 0.4) is 0 Å². The van der Waals surface area contributed by atoms with Crippen molar-refractivity contribution in [3.8, 4) is 17.0 Å². The lowest BCUT2D eigenvalue weighted by molar-refractivity contribution is 0.0115. The first-order chi connectivity index (χ1) is 20.4. The Morgan fingerprint density at radius 2 is 1.88 bits per heavy atom. The number of rotatable bonds is 7. The Bertz CT molecular complexity index is 1480. The third-order valence-corrected chi connectivity index (χ3v) is 8.41. The number of nitrogens with one attached hydrogen (secondary N) is 2. The molecule has 4 N–H and O–H groups in total. The molecular weight excluding hydrogens is 533 g/mol. The number of benzene rings is 2. The molecule has 3 aliphatic rings. The zero-order valence-electron chi connectivity index (χ0n) is 24.1. The van der Waals surface area contributed by atoms with E-state index in [1.54, 1.807) is 43.9 Å². The maximum atomic E-state index is 14.4. The lowest BCUT2D eigenvalue weighted by Gasteiger charge is -2.41. The van der Waals surface area contributed by atoms with E-state index in [0.717, 1.165) is 74.8 Å². The molecule has 3 aromatic rings. The molecule has 2 fully saturated rings. The highest BCUT2D eigenvalue weighted by Gasteiger charge is 2.29. The van der Waals surface area contributed by atoms with Crippen LogP contribution in [0.4, 0.5) is 15.8 Å². The molecule has 1 aromatic heterocycles. The molecule has 1 atom stereocenters. The van der Waals surface area contributed by atoms with Crippen LogP contribution in [0.2, 0.25) is 0 Å². The molecule has 6 rings (SSSR count). The van der Waals surface area contributed by atoms with Crippen LogP contribution in [-0.2, 0) is 10.4 Å². The molecule has 42 heavy (non-hydrogen) atoms. The number of piperidine rings is 1. The van der Waals surface area contributed by atoms with Gasteiger partial charge in [0.2, 0.25) is 0 Å². The number of nitrogens with two attached hydrogens (primary N) is 1. The molecule has 2 aromatic carbocycles. The number of hydrogen-bond donors (Lipinski definition) is 3. The number of ether oxygens (including phenoxy) is 2. The average Bonchev–Trinajstić information content (AvgIpc) is 3.02. The number of anilines is 2. The fraction of sp³-hybridized carbons (Fsp3) is 0.375. The van der Waals surface area contributed by atoms with Gasteiger partial charge in [0.1, 0.15) is 23.1 Å². The van der Waals surface area contributed by atoms with E-state index in [-0.39, 0.29) is 5.82 Å². The number of aromatic nitrogens is 1. The molecule has 0 amide bonds. The predicted octanol–water partition coefficient (Wildman–Crippen LogP) is 4.20. The molecule has 0 radical (unpaired) electrons. The largest absolute Gasteiger partial charge is 0.494 e. The Morgan fingerprint density at radius 3 is 2.64 bits per heavy atom. The van der Waals surface area contributed by atoms with Gasteiger partial charge in [-0.2, -0.15) is 0 Å². The standard InChI is InChI=1S/C32H38FN7O2/c1-22-17-28(30(41-2)19-29(22)40-11-8-24(9-12-40)39-13-15-42-16-14-39)38-31-20-32(34,37-21-36-31)23-7-10-35-27(18-23)25-5-3-4-6-26(25)33/h3-7,10,17-21,24,38H,8-9,11-16,34H2,1-2H3,(H,36,37). The molecule has 3 aliphatic heterocycles. The predicted molar refractivity (Wildman–Crippen MR) is 164 cm³/mol. The summed E-state index contributed by atoms with van der Waals surface area (Å²) in [5.74, 6) is 0.961. The van der Waals surface area contributed by atoms with E-state index in [1.807, 2.05) is 12.1 Å². The summed E-state index contributed by atoms with van der Waals surface area (Å²) < 4.78 is 25.8. The van der Waals surface area contributed by atoms with Gasteiger partial charge in [-0.1, -0.05) is 12.1 Å². The van der Waals surface area contributed by atoms with E-state index in [9.17, 15) is 4.39 Å². The molecule has 0 aliphatic carbocycles. The minimum Gasteiger partial charge on any atom is -0.494 e. The van der Waals surface area contributed by atoms with Gasteiger partial charge >= 0.3 is 0 Å². The first-order valence-corrected chi connectivity index (χ1v) is 14.5. The van der Waals surface area contributed by atoms with Crippen molar-refractivity contribution >= 4 is 17.7 Å². The normalized spacial score (nSPS) is 21.5. The third-order valence-electron chi connectivity index (χ3n) is 8.41. The maximum Gasteiger partial charge on any atom is 0.144 e. The zero-order valence-corrected chi connectivity index (χ0v) is 24.1. The van der Waals surface area contributed by atoms with Crippen LogP contribution in [0.25, 0.3) is 11.3 Å². The third kappa shape index (κ3) is 5.83. The van der Waals surface area contributed by atoms with Crippen LogP contribution < -0.4 is 26.0 Å². The van der Waals surface area contributed by atoms with Crippen LogP contribution in [0.5, 0.6) is 5.75 Å². The van der Waals surface area contributed by atoms with Crippen molar-refractivity contribution in [2.24, 2.45) is 10.7 Å². The van der Waals surface area contributed by atoms with E-state index >= 15 is 0 Å². The zero-order chi connectivity index (χ0) is 29.1. The second-order valence-electron chi connectivity index (χ2n) is 11.0. The van der Waals surface area contributed by atoms with E-state index in [1.165, 1.54) is 11.8 Å². The summed E-state index contributed by atoms with van der Waals surface area (Å²) >= 11 is 0. The molecule has 2 saturated heterocycles. The Labute approximate surface area is 246 Å². The monoisotopic (exact) mass is 571 g/mol. The van der Waals surface area contributed by atoms with Crippen molar-refractivity contribution in [2.75, 3.05) is 56.7 Å². The Hall–Kier alpha value is -3.99. The van der Waals surface area contributed by atoms with Gasteiger partial charge in [0.05, 0.1) is 38.0 Å². The van der Waals surface area contributed by atoms with Crippen LogP contribution in [-0.4, -0.2) is 68.8 Å². The fourth-order valence-corrected chi connectivity index (χ4v) is 6.08. The van der Waals surface area contributed by atoms with Crippen LogP contribution in [0, 0.1) is 12.7 Å². The summed E-state index contributed by atoms with van der Waals surface area (Å²) in [6.45, 7) is 7.89. The van der Waals surface area contributed by atoms with Gasteiger partial charge in [0, 0.05) is 61.8 Å².